The largest absolute Gasteiger partial charge is 0.479 e. The van der Waals surface area contributed by atoms with Crippen LogP contribution >= 0.6 is 0 Å². The zero-order valence-corrected chi connectivity index (χ0v) is 12.1. The zero-order valence-electron chi connectivity index (χ0n) is 12.1. The van der Waals surface area contributed by atoms with Gasteiger partial charge in [0.05, 0.1) is 6.42 Å². The van der Waals surface area contributed by atoms with E-state index in [1.54, 1.807) is 0 Å². The first-order chi connectivity index (χ1) is 11.3. The summed E-state index contributed by atoms with van der Waals surface area (Å²) >= 11 is 0. The lowest BCUT2D eigenvalue weighted by molar-refractivity contribution is -0.165. The maximum Gasteiger partial charge on any atom is 0.335 e. The number of aliphatic carboxylic acids is 1. The van der Waals surface area contributed by atoms with E-state index in [0.717, 1.165) is 0 Å². The third-order valence-electron chi connectivity index (χ3n) is 2.38. The molecule has 7 heteroatoms. The molecule has 0 unspecified atom stereocenters. The molecule has 0 aromatic carbocycles. The molecule has 0 aliphatic rings. The van der Waals surface area contributed by atoms with Crippen LogP contribution in [0.1, 0.15) is 19.3 Å². The fourth-order valence-electron chi connectivity index (χ4n) is 1.18. The molecule has 0 bridgehead atoms. The molecule has 0 spiro atoms. The number of aliphatic hydroxyl groups is 4. The van der Waals surface area contributed by atoms with Crippen molar-refractivity contribution in [1.29, 1.82) is 0 Å². The highest BCUT2D eigenvalue weighted by Crippen LogP contribution is 2.07. The molecule has 0 aliphatic heterocycles. The standard InChI is InChI=1S/C17H12O7.9H2/c1-2-3-4-5-6-7-8-9-10-11-12(18)13(19)14(20)15(21)16(22)17(23)24;;;;;;;;;/h1,13-16,19-22H,11H2,(H,23,24);9*1H/t13-,14+,15-,16-;;;;;;;;;/m1........./s1. The second kappa shape index (κ2) is 11.4. The van der Waals surface area contributed by atoms with Gasteiger partial charge in [0.15, 0.2) is 11.9 Å². The van der Waals surface area contributed by atoms with Crippen LogP contribution in [0.5, 0.6) is 0 Å². The van der Waals surface area contributed by atoms with Crippen LogP contribution in [0.4, 0.5) is 0 Å². The maximum absolute atomic E-state index is 11.5. The average Bonchev–Trinajstić information content (AvgIpc) is 2.57. The number of aliphatic hydroxyl groups excluding tert-OH is 4. The van der Waals surface area contributed by atoms with Crippen molar-refractivity contribution in [3.05, 3.63) is 0 Å². The van der Waals surface area contributed by atoms with Gasteiger partial charge in [0.25, 0.3) is 0 Å². The van der Waals surface area contributed by atoms with Crippen molar-refractivity contribution in [2.45, 2.75) is 30.8 Å². The Hall–Kier alpha value is -3.22. The van der Waals surface area contributed by atoms with Crippen molar-refractivity contribution in [2.75, 3.05) is 0 Å². The number of rotatable bonds is 6. The second-order valence-corrected chi connectivity index (χ2v) is 4.05. The topological polar surface area (TPSA) is 135 Å². The first kappa shape index (κ1) is 20.8. The molecule has 24 heavy (non-hydrogen) atoms. The van der Waals surface area contributed by atoms with Crippen LogP contribution in [-0.2, 0) is 9.59 Å². The van der Waals surface area contributed by atoms with Gasteiger partial charge in [-0.25, -0.2) is 4.79 Å². The number of carboxylic acid groups (broad SMARTS) is 1. The Bertz CT molecular complexity index is 787. The fraction of sp³-hybridized carbons (Fsp3) is 0.294. The molecule has 0 aromatic rings. The smallest absolute Gasteiger partial charge is 0.335 e. The van der Waals surface area contributed by atoms with Crippen LogP contribution in [0.2, 0.25) is 0 Å². The van der Waals surface area contributed by atoms with Gasteiger partial charge in [-0.15, -0.1) is 6.42 Å². The van der Waals surface area contributed by atoms with Crippen LogP contribution in [0, 0.1) is 59.7 Å². The molecule has 0 heterocycles. The average molecular weight is 346 g/mol. The van der Waals surface area contributed by atoms with Gasteiger partial charge >= 0.3 is 5.97 Å². The lowest BCUT2D eigenvalue weighted by Crippen LogP contribution is -2.49. The van der Waals surface area contributed by atoms with Gasteiger partial charge in [-0.3, -0.25) is 4.79 Å². The fourth-order valence-corrected chi connectivity index (χ4v) is 1.18. The van der Waals surface area contributed by atoms with Crippen LogP contribution < -0.4 is 0 Å². The third-order valence-corrected chi connectivity index (χ3v) is 2.38. The Morgan fingerprint density at radius 1 is 0.833 bits per heavy atom. The highest BCUT2D eigenvalue weighted by molar-refractivity contribution is 5.86. The first-order valence-corrected chi connectivity index (χ1v) is 6.24. The highest BCUT2D eigenvalue weighted by atomic mass is 16.4. The van der Waals surface area contributed by atoms with Crippen molar-refractivity contribution in [1.82, 2.24) is 0 Å². The summed E-state index contributed by atoms with van der Waals surface area (Å²) in [6.45, 7) is 0. The summed E-state index contributed by atoms with van der Waals surface area (Å²) in [5, 5.41) is 45.8. The van der Waals surface area contributed by atoms with E-state index in [2.05, 4.69) is 47.4 Å². The summed E-state index contributed by atoms with van der Waals surface area (Å²) in [5.74, 6) is 17.5. The Morgan fingerprint density at radius 2 is 1.29 bits per heavy atom. The molecule has 0 radical (unpaired) electrons. The molecule has 0 rings (SSSR count). The predicted octanol–water partition coefficient (Wildman–Crippen LogP) is -0.665. The molecule has 5 N–H and O–H groups in total. The first-order valence-electron chi connectivity index (χ1n) is 6.24. The van der Waals surface area contributed by atoms with Crippen LogP contribution in [-0.4, -0.2) is 61.7 Å². The van der Waals surface area contributed by atoms with Gasteiger partial charge in [0, 0.05) is 12.8 Å². The van der Waals surface area contributed by atoms with Gasteiger partial charge in [0.1, 0.15) is 18.3 Å². The van der Waals surface area contributed by atoms with E-state index in [-0.39, 0.29) is 12.8 Å². The number of carbonyl (C=O) groups is 2. The molecule has 0 saturated carbocycles. The van der Waals surface area contributed by atoms with E-state index in [4.69, 9.17) is 16.6 Å². The highest BCUT2D eigenvalue weighted by Gasteiger charge is 2.36. The number of hydrogen-bond acceptors (Lipinski definition) is 6. The van der Waals surface area contributed by atoms with E-state index < -0.39 is 42.6 Å². The van der Waals surface area contributed by atoms with Crippen molar-refractivity contribution < 1.29 is 48.0 Å². The normalized spacial score (nSPS) is 13.3. The molecule has 0 fully saturated rings. The summed E-state index contributed by atoms with van der Waals surface area (Å²) in [6, 6.07) is 0. The zero-order chi connectivity index (χ0) is 18.5. The van der Waals surface area contributed by atoms with Crippen molar-refractivity contribution >= 4 is 11.8 Å². The molecular formula is C17H30O7. The minimum Gasteiger partial charge on any atom is -0.479 e. The number of carbonyl (C=O) groups excluding carboxylic acids is 1. The molecule has 140 valence electrons. The molecule has 0 amide bonds. The Kier molecular flexibility index (Phi) is 9.84. The van der Waals surface area contributed by atoms with E-state index in [9.17, 15) is 24.9 Å². The summed E-state index contributed by atoms with van der Waals surface area (Å²) in [5.41, 5.74) is 0. The van der Waals surface area contributed by atoms with E-state index in [1.165, 1.54) is 0 Å². The number of hydrogen-bond donors (Lipinski definition) is 5. The summed E-state index contributed by atoms with van der Waals surface area (Å²) in [7, 11) is 0. The van der Waals surface area contributed by atoms with Crippen molar-refractivity contribution in [3.63, 3.8) is 0 Å². The molecule has 7 nitrogen and oxygen atoms in total. The monoisotopic (exact) mass is 346 g/mol. The summed E-state index contributed by atoms with van der Waals surface area (Å²) in [6.07, 6.45) is -4.56. The Morgan fingerprint density at radius 3 is 1.79 bits per heavy atom. The lowest BCUT2D eigenvalue weighted by atomic mass is 9.99. The second-order valence-electron chi connectivity index (χ2n) is 4.05. The molecular weight excluding hydrogens is 316 g/mol. The number of carboxylic acids is 1. The molecule has 0 aromatic heterocycles. The number of Topliss-reactive ketones (excluding diaryl/α,β-unsaturated/α-hetero) is 1. The SMILES string of the molecule is C#CC#CC#CC#CC#CCC(=O)[C@@H](O)[C@H](O)[C@@H](O)[C@@H](O)C(=O)O.[HH].[HH].[HH].[HH].[HH].[HH].[HH].[HH].[HH]. The van der Waals surface area contributed by atoms with Crippen molar-refractivity contribution in [3.8, 4) is 59.7 Å². The predicted molar refractivity (Wildman–Crippen MR) is 100 cm³/mol. The minimum absolute atomic E-state index is 0. The van der Waals surface area contributed by atoms with Crippen molar-refractivity contribution in [2.24, 2.45) is 0 Å². The minimum atomic E-state index is -2.35. The Balaban J connectivity index is -0.0000000735. The molecule has 0 saturated heterocycles. The Labute approximate surface area is 151 Å². The van der Waals surface area contributed by atoms with E-state index in [1.807, 2.05) is 5.92 Å². The number of terminal acetylenes is 1. The number of ketones is 1. The van der Waals surface area contributed by atoms with Gasteiger partial charge in [-0.05, 0) is 47.4 Å². The van der Waals surface area contributed by atoms with Crippen LogP contribution in [0.3, 0.4) is 0 Å². The van der Waals surface area contributed by atoms with Crippen LogP contribution in [0.25, 0.3) is 0 Å². The summed E-state index contributed by atoms with van der Waals surface area (Å²) < 4.78 is 0. The summed E-state index contributed by atoms with van der Waals surface area (Å²) in [4.78, 5) is 22.0. The van der Waals surface area contributed by atoms with E-state index in [0.29, 0.717) is 0 Å². The quantitative estimate of drug-likeness (QED) is 0.403. The van der Waals surface area contributed by atoms with Gasteiger partial charge in [0.2, 0.25) is 0 Å². The van der Waals surface area contributed by atoms with E-state index >= 15 is 0 Å². The van der Waals surface area contributed by atoms with Gasteiger partial charge < -0.3 is 25.5 Å². The third kappa shape index (κ3) is 7.69. The van der Waals surface area contributed by atoms with Gasteiger partial charge in [-0.2, -0.15) is 0 Å². The maximum atomic E-state index is 11.5. The van der Waals surface area contributed by atoms with Crippen LogP contribution in [0.15, 0.2) is 0 Å². The molecule has 4 atom stereocenters. The lowest BCUT2D eigenvalue weighted by Gasteiger charge is -2.23. The van der Waals surface area contributed by atoms with Gasteiger partial charge in [-0.1, -0.05) is 5.92 Å². The molecule has 0 aliphatic carbocycles.